The number of amides is 3. The zero-order chi connectivity index (χ0) is 28.9. The molecule has 41 heavy (non-hydrogen) atoms. The topological polar surface area (TPSA) is 97.0 Å². The Morgan fingerprint density at radius 3 is 2.24 bits per heavy atom. The summed E-state index contributed by atoms with van der Waals surface area (Å²) in [6, 6.07) is 25.6. The number of carbonyl (C=O) groups is 3. The van der Waals surface area contributed by atoms with E-state index in [0.29, 0.717) is 28.3 Å². The van der Waals surface area contributed by atoms with Crippen molar-refractivity contribution in [3.8, 4) is 5.75 Å². The first-order chi connectivity index (χ1) is 19.8. The highest BCUT2D eigenvalue weighted by Crippen LogP contribution is 2.35. The molecule has 0 unspecified atom stereocenters. The summed E-state index contributed by atoms with van der Waals surface area (Å²) in [7, 11) is 1.53. The Morgan fingerprint density at radius 2 is 1.56 bits per heavy atom. The molecule has 1 heterocycles. The molecule has 1 fully saturated rings. The SMILES string of the molecule is COc1cccc(C(=O)Nc2ccc([C@@H]3OC(=O)N(Cc4ccc(C)cc4)[C@H]3C(=O)Nc3ccc(F)cc3)cc2)c1. The number of nitrogens with one attached hydrogen (secondary N) is 2. The van der Waals surface area contributed by atoms with E-state index < -0.39 is 30.0 Å². The van der Waals surface area contributed by atoms with Crippen molar-refractivity contribution in [2.24, 2.45) is 0 Å². The van der Waals surface area contributed by atoms with E-state index in [0.717, 1.165) is 11.1 Å². The predicted octanol–water partition coefficient (Wildman–Crippen LogP) is 6.10. The van der Waals surface area contributed by atoms with Crippen molar-refractivity contribution in [1.29, 1.82) is 0 Å². The summed E-state index contributed by atoms with van der Waals surface area (Å²) in [4.78, 5) is 40.7. The number of hydrogen-bond donors (Lipinski definition) is 2. The molecule has 208 valence electrons. The molecular weight excluding hydrogens is 525 g/mol. The Bertz CT molecular complexity index is 1560. The lowest BCUT2D eigenvalue weighted by atomic mass is 10.00. The molecule has 5 rings (SSSR count). The van der Waals surface area contributed by atoms with E-state index in [9.17, 15) is 18.8 Å². The molecule has 4 aromatic carbocycles. The lowest BCUT2D eigenvalue weighted by molar-refractivity contribution is -0.121. The van der Waals surface area contributed by atoms with Gasteiger partial charge in [0.25, 0.3) is 11.8 Å². The molecule has 0 spiro atoms. The normalized spacial score (nSPS) is 16.2. The van der Waals surface area contributed by atoms with Gasteiger partial charge in [0.05, 0.1) is 13.7 Å². The summed E-state index contributed by atoms with van der Waals surface area (Å²) < 4.78 is 24.3. The van der Waals surface area contributed by atoms with E-state index in [1.54, 1.807) is 48.5 Å². The second kappa shape index (κ2) is 11.9. The largest absolute Gasteiger partial charge is 0.497 e. The standard InChI is InChI=1S/C32H28FN3O5/c1-20-6-8-21(9-7-20)19-36-28(31(38)35-26-16-12-24(33)13-17-26)29(41-32(36)39)22-10-14-25(15-11-22)34-30(37)23-4-3-5-27(18-23)40-2/h3-18,28-29H,19H2,1-2H3,(H,34,37)(H,35,38)/t28-,29+/m1/s1. The molecule has 0 aromatic heterocycles. The van der Waals surface area contributed by atoms with E-state index in [1.807, 2.05) is 31.2 Å². The van der Waals surface area contributed by atoms with Gasteiger partial charge in [-0.25, -0.2) is 9.18 Å². The van der Waals surface area contributed by atoms with E-state index in [1.165, 1.54) is 36.3 Å². The summed E-state index contributed by atoms with van der Waals surface area (Å²) in [5.74, 6) is -0.657. The van der Waals surface area contributed by atoms with Crippen LogP contribution >= 0.6 is 0 Å². The number of carbonyl (C=O) groups excluding carboxylic acids is 3. The highest BCUT2D eigenvalue weighted by molar-refractivity contribution is 6.04. The Hall–Kier alpha value is -5.18. The predicted molar refractivity (Wildman–Crippen MR) is 152 cm³/mol. The molecule has 1 aliphatic rings. The molecule has 3 amide bonds. The lowest BCUT2D eigenvalue weighted by Crippen LogP contribution is -2.43. The molecule has 2 N–H and O–H groups in total. The maximum atomic E-state index is 13.6. The van der Waals surface area contributed by atoms with Gasteiger partial charge < -0.3 is 20.1 Å². The summed E-state index contributed by atoms with van der Waals surface area (Å²) in [5.41, 5.74) is 3.82. The Kier molecular flexibility index (Phi) is 7.96. The molecule has 0 radical (unpaired) electrons. The fraction of sp³-hybridized carbons (Fsp3) is 0.156. The highest BCUT2D eigenvalue weighted by atomic mass is 19.1. The van der Waals surface area contributed by atoms with Crippen LogP contribution in [0.4, 0.5) is 20.6 Å². The molecular formula is C32H28FN3O5. The van der Waals surface area contributed by atoms with E-state index in [4.69, 9.17) is 9.47 Å². The average molecular weight is 554 g/mol. The quantitative estimate of drug-likeness (QED) is 0.275. The van der Waals surface area contributed by atoms with Gasteiger partial charge in [-0.1, -0.05) is 48.0 Å². The molecule has 8 nitrogen and oxygen atoms in total. The molecule has 0 bridgehead atoms. The first kappa shape index (κ1) is 27.4. The zero-order valence-electron chi connectivity index (χ0n) is 22.5. The van der Waals surface area contributed by atoms with Gasteiger partial charge in [-0.3, -0.25) is 14.5 Å². The van der Waals surface area contributed by atoms with Crippen LogP contribution in [0.1, 0.15) is 33.2 Å². The third-order valence-electron chi connectivity index (χ3n) is 6.77. The van der Waals surface area contributed by atoms with Crippen LogP contribution in [0.5, 0.6) is 5.75 Å². The molecule has 2 atom stereocenters. The zero-order valence-corrected chi connectivity index (χ0v) is 22.5. The second-order valence-electron chi connectivity index (χ2n) is 9.67. The summed E-state index contributed by atoms with van der Waals surface area (Å²) in [6.45, 7) is 2.12. The number of halogens is 1. The minimum atomic E-state index is -1.01. The van der Waals surface area contributed by atoms with Crippen molar-refractivity contribution in [3.63, 3.8) is 0 Å². The molecule has 1 aliphatic heterocycles. The lowest BCUT2D eigenvalue weighted by Gasteiger charge is -2.24. The van der Waals surface area contributed by atoms with E-state index >= 15 is 0 Å². The van der Waals surface area contributed by atoms with Gasteiger partial charge in [-0.15, -0.1) is 0 Å². The van der Waals surface area contributed by atoms with Crippen molar-refractivity contribution < 1.29 is 28.2 Å². The Balaban J connectivity index is 1.38. The van der Waals surface area contributed by atoms with Crippen molar-refractivity contribution >= 4 is 29.3 Å². The first-order valence-corrected chi connectivity index (χ1v) is 13.0. The maximum absolute atomic E-state index is 13.6. The first-order valence-electron chi connectivity index (χ1n) is 13.0. The number of aryl methyl sites for hydroxylation is 1. The number of rotatable bonds is 8. The third-order valence-corrected chi connectivity index (χ3v) is 6.77. The van der Waals surface area contributed by atoms with Gasteiger partial charge in [-0.2, -0.15) is 0 Å². The van der Waals surface area contributed by atoms with Crippen LogP contribution in [0, 0.1) is 12.7 Å². The number of nitrogens with zero attached hydrogens (tertiary/aromatic N) is 1. The van der Waals surface area contributed by atoms with Crippen molar-refractivity contribution in [2.75, 3.05) is 17.7 Å². The monoisotopic (exact) mass is 553 g/mol. The van der Waals surface area contributed by atoms with Crippen LogP contribution in [0.15, 0.2) is 97.1 Å². The molecule has 9 heteroatoms. The van der Waals surface area contributed by atoms with Crippen molar-refractivity contribution in [2.45, 2.75) is 25.6 Å². The van der Waals surface area contributed by atoms with Crippen LogP contribution in [-0.4, -0.2) is 36.0 Å². The van der Waals surface area contributed by atoms with Crippen LogP contribution in [-0.2, 0) is 16.1 Å². The highest BCUT2D eigenvalue weighted by Gasteiger charge is 2.47. The molecule has 0 saturated carbocycles. The van der Waals surface area contributed by atoms with Gasteiger partial charge in [0.1, 0.15) is 11.6 Å². The van der Waals surface area contributed by atoms with Crippen LogP contribution in [0.25, 0.3) is 0 Å². The molecule has 4 aromatic rings. The number of cyclic esters (lactones) is 1. The number of benzene rings is 4. The van der Waals surface area contributed by atoms with E-state index in [-0.39, 0.29) is 12.5 Å². The Morgan fingerprint density at radius 1 is 0.902 bits per heavy atom. The van der Waals surface area contributed by atoms with Crippen LogP contribution < -0.4 is 15.4 Å². The van der Waals surface area contributed by atoms with Crippen LogP contribution in [0.2, 0.25) is 0 Å². The van der Waals surface area contributed by atoms with Gasteiger partial charge >= 0.3 is 6.09 Å². The fourth-order valence-electron chi connectivity index (χ4n) is 4.57. The second-order valence-corrected chi connectivity index (χ2v) is 9.67. The fourth-order valence-corrected chi connectivity index (χ4v) is 4.57. The van der Waals surface area contributed by atoms with Crippen molar-refractivity contribution in [3.05, 3.63) is 125 Å². The number of hydrogen-bond acceptors (Lipinski definition) is 5. The minimum Gasteiger partial charge on any atom is -0.497 e. The summed E-state index contributed by atoms with van der Waals surface area (Å²) >= 11 is 0. The smallest absolute Gasteiger partial charge is 0.411 e. The van der Waals surface area contributed by atoms with Gasteiger partial charge in [0.2, 0.25) is 0 Å². The van der Waals surface area contributed by atoms with Gasteiger partial charge in [-0.05, 0) is 72.6 Å². The average Bonchev–Trinajstić information content (AvgIpc) is 3.31. The van der Waals surface area contributed by atoms with E-state index in [2.05, 4.69) is 10.6 Å². The number of methoxy groups -OCH3 is 1. The number of ether oxygens (including phenoxy) is 2. The summed E-state index contributed by atoms with van der Waals surface area (Å²) in [6.07, 6.45) is -1.55. The number of anilines is 2. The minimum absolute atomic E-state index is 0.159. The van der Waals surface area contributed by atoms with Gasteiger partial charge in [0.15, 0.2) is 12.1 Å². The summed E-state index contributed by atoms with van der Waals surface area (Å²) in [5, 5.41) is 5.61. The molecule has 1 saturated heterocycles. The maximum Gasteiger partial charge on any atom is 0.411 e. The third kappa shape index (κ3) is 6.36. The van der Waals surface area contributed by atoms with Gasteiger partial charge in [0, 0.05) is 16.9 Å². The van der Waals surface area contributed by atoms with Crippen molar-refractivity contribution in [1.82, 2.24) is 4.90 Å². The molecule has 0 aliphatic carbocycles. The Labute approximate surface area is 236 Å². The van der Waals surface area contributed by atoms with Crippen LogP contribution in [0.3, 0.4) is 0 Å².